The number of guanidine groups is 1. The van der Waals surface area contributed by atoms with Crippen molar-refractivity contribution in [1.82, 2.24) is 5.32 Å². The second kappa shape index (κ2) is 5.81. The van der Waals surface area contributed by atoms with Crippen LogP contribution in [0.4, 0.5) is 0 Å². The van der Waals surface area contributed by atoms with Gasteiger partial charge in [-0.25, -0.2) is 4.99 Å². The van der Waals surface area contributed by atoms with Gasteiger partial charge in [0.15, 0.2) is 12.2 Å². The van der Waals surface area contributed by atoms with Crippen molar-refractivity contribution < 1.29 is 14.9 Å². The number of nitrogens with zero attached hydrogens (tertiary/aromatic N) is 1. The van der Waals surface area contributed by atoms with Crippen LogP contribution in [0.1, 0.15) is 5.56 Å². The summed E-state index contributed by atoms with van der Waals surface area (Å²) in [6, 6.07) is 9.27. The van der Waals surface area contributed by atoms with E-state index < -0.39 is 18.4 Å². The molecular weight excluding hydrogens is 234 g/mol. The molecule has 0 aromatic heterocycles. The van der Waals surface area contributed by atoms with Gasteiger partial charge in [0.1, 0.15) is 6.10 Å². The molecule has 18 heavy (non-hydrogen) atoms. The van der Waals surface area contributed by atoms with E-state index in [9.17, 15) is 10.2 Å². The zero-order valence-electron chi connectivity index (χ0n) is 9.86. The quantitative estimate of drug-likeness (QED) is 0.415. The number of hydrogen-bond acceptors (Lipinski definition) is 4. The van der Waals surface area contributed by atoms with Crippen molar-refractivity contribution in [2.45, 2.75) is 25.0 Å². The summed E-state index contributed by atoms with van der Waals surface area (Å²) in [6.45, 7) is 0.662. The summed E-state index contributed by atoms with van der Waals surface area (Å²) in [7, 11) is 0. The van der Waals surface area contributed by atoms with Gasteiger partial charge >= 0.3 is 0 Å². The van der Waals surface area contributed by atoms with Crippen molar-refractivity contribution in [2.24, 2.45) is 10.7 Å². The van der Waals surface area contributed by atoms with Crippen molar-refractivity contribution in [2.75, 3.05) is 6.61 Å². The van der Waals surface area contributed by atoms with Crippen LogP contribution in [0.3, 0.4) is 0 Å². The average Bonchev–Trinajstić information content (AvgIpc) is 2.70. The third-order valence-electron chi connectivity index (χ3n) is 2.76. The van der Waals surface area contributed by atoms with Crippen molar-refractivity contribution in [1.29, 1.82) is 0 Å². The van der Waals surface area contributed by atoms with E-state index in [1.165, 1.54) is 0 Å². The highest BCUT2D eigenvalue weighted by atomic mass is 16.6. The number of benzene rings is 1. The second-order valence-corrected chi connectivity index (χ2v) is 4.15. The van der Waals surface area contributed by atoms with E-state index in [-0.39, 0.29) is 12.6 Å². The summed E-state index contributed by atoms with van der Waals surface area (Å²) in [4.78, 5) is 4.15. The fraction of sp³-hybridized carbons (Fsp3) is 0.417. The Morgan fingerprint density at radius 1 is 1.39 bits per heavy atom. The third-order valence-corrected chi connectivity index (χ3v) is 2.76. The van der Waals surface area contributed by atoms with Crippen molar-refractivity contribution in [3.63, 3.8) is 0 Å². The highest BCUT2D eigenvalue weighted by Gasteiger charge is 2.34. The molecule has 5 N–H and O–H groups in total. The number of ether oxygens (including phenoxy) is 1. The van der Waals surface area contributed by atoms with Crippen molar-refractivity contribution in [3.05, 3.63) is 35.9 Å². The van der Waals surface area contributed by atoms with Crippen LogP contribution in [0.25, 0.3) is 0 Å². The highest BCUT2D eigenvalue weighted by Crippen LogP contribution is 2.11. The molecule has 1 aliphatic rings. The van der Waals surface area contributed by atoms with E-state index in [0.717, 1.165) is 5.56 Å². The number of rotatable bonds is 3. The molecule has 1 unspecified atom stereocenters. The van der Waals surface area contributed by atoms with Gasteiger partial charge in [-0.15, -0.1) is 0 Å². The molecule has 3 atom stereocenters. The Hall–Kier alpha value is -1.63. The first-order valence-electron chi connectivity index (χ1n) is 5.75. The van der Waals surface area contributed by atoms with Crippen LogP contribution >= 0.6 is 0 Å². The summed E-state index contributed by atoms with van der Waals surface area (Å²) < 4.78 is 4.87. The Morgan fingerprint density at radius 3 is 2.72 bits per heavy atom. The number of aliphatic imine (C=N–C) groups is 1. The van der Waals surface area contributed by atoms with E-state index in [1.54, 1.807) is 0 Å². The van der Waals surface area contributed by atoms with Crippen LogP contribution in [0, 0.1) is 0 Å². The van der Waals surface area contributed by atoms with Gasteiger partial charge in [0.2, 0.25) is 0 Å². The standard InChI is InChI=1S/C12H17N3O3/c13-12(14-6-8-4-2-1-3-5-8)15-9-7-18-11(17)10(9)16/h1-5,9-11,16-17H,6-7H2,(H3,13,14,15)/t9-,10+,11?/m1/s1. The van der Waals surface area contributed by atoms with Crippen LogP contribution in [-0.4, -0.2) is 41.2 Å². The summed E-state index contributed by atoms with van der Waals surface area (Å²) in [5.41, 5.74) is 6.75. The van der Waals surface area contributed by atoms with Gasteiger partial charge in [-0.2, -0.15) is 0 Å². The first-order valence-corrected chi connectivity index (χ1v) is 5.75. The molecule has 1 saturated heterocycles. The molecule has 0 amide bonds. The zero-order valence-corrected chi connectivity index (χ0v) is 9.86. The van der Waals surface area contributed by atoms with Crippen molar-refractivity contribution in [3.8, 4) is 0 Å². The fourth-order valence-electron chi connectivity index (χ4n) is 1.72. The first kappa shape index (κ1) is 12.8. The van der Waals surface area contributed by atoms with Gasteiger partial charge in [0.25, 0.3) is 0 Å². The van der Waals surface area contributed by atoms with Crippen LogP contribution in [0.5, 0.6) is 0 Å². The number of nitrogens with one attached hydrogen (secondary N) is 1. The molecule has 1 fully saturated rings. The maximum absolute atomic E-state index is 9.54. The first-order chi connectivity index (χ1) is 8.66. The Labute approximate surface area is 105 Å². The SMILES string of the molecule is NC(=NCc1ccccc1)N[C@@H]1COC(O)[C@H]1O. The molecule has 6 nitrogen and oxygen atoms in total. The third kappa shape index (κ3) is 3.19. The summed E-state index contributed by atoms with van der Waals surface area (Å²) in [5.74, 6) is 0.223. The Morgan fingerprint density at radius 2 is 2.11 bits per heavy atom. The minimum atomic E-state index is -1.16. The topological polar surface area (TPSA) is 100 Å². The number of nitrogens with two attached hydrogens (primary N) is 1. The molecule has 2 rings (SSSR count). The van der Waals surface area contributed by atoms with E-state index in [4.69, 9.17) is 10.5 Å². The molecule has 1 aliphatic heterocycles. The lowest BCUT2D eigenvalue weighted by Crippen LogP contribution is -2.47. The number of hydrogen-bond donors (Lipinski definition) is 4. The maximum atomic E-state index is 9.54. The van der Waals surface area contributed by atoms with Gasteiger partial charge in [0, 0.05) is 0 Å². The summed E-state index contributed by atoms with van der Waals surface area (Å²) in [5, 5.41) is 21.6. The maximum Gasteiger partial charge on any atom is 0.189 e. The Bertz CT molecular complexity index is 410. The molecular formula is C12H17N3O3. The zero-order chi connectivity index (χ0) is 13.0. The summed E-state index contributed by atoms with van der Waals surface area (Å²) in [6.07, 6.45) is -2.15. The fourth-order valence-corrected chi connectivity index (χ4v) is 1.72. The van der Waals surface area contributed by atoms with Gasteiger partial charge in [-0.1, -0.05) is 30.3 Å². The smallest absolute Gasteiger partial charge is 0.189 e. The second-order valence-electron chi connectivity index (χ2n) is 4.15. The van der Waals surface area contributed by atoms with Gasteiger partial charge < -0.3 is 26.0 Å². The normalized spacial score (nSPS) is 28.3. The Balaban J connectivity index is 1.86. The minimum absolute atomic E-state index is 0.198. The monoisotopic (exact) mass is 251 g/mol. The average molecular weight is 251 g/mol. The van der Waals surface area contributed by atoms with Crippen LogP contribution < -0.4 is 11.1 Å². The minimum Gasteiger partial charge on any atom is -0.386 e. The molecule has 1 aromatic carbocycles. The van der Waals surface area contributed by atoms with Crippen molar-refractivity contribution >= 4 is 5.96 Å². The lowest BCUT2D eigenvalue weighted by atomic mass is 10.2. The molecule has 1 heterocycles. The highest BCUT2D eigenvalue weighted by molar-refractivity contribution is 5.78. The van der Waals surface area contributed by atoms with Crippen LogP contribution in [0.2, 0.25) is 0 Å². The van der Waals surface area contributed by atoms with Crippen LogP contribution in [-0.2, 0) is 11.3 Å². The number of aliphatic hydroxyl groups excluding tert-OH is 2. The van der Waals surface area contributed by atoms with E-state index in [0.29, 0.717) is 6.54 Å². The van der Waals surface area contributed by atoms with Gasteiger partial charge in [-0.3, -0.25) is 0 Å². The lowest BCUT2D eigenvalue weighted by molar-refractivity contribution is -0.108. The number of aliphatic hydroxyl groups is 2. The molecule has 0 radical (unpaired) electrons. The largest absolute Gasteiger partial charge is 0.386 e. The predicted molar refractivity (Wildman–Crippen MR) is 66.7 cm³/mol. The van der Waals surface area contributed by atoms with Crippen LogP contribution in [0.15, 0.2) is 35.3 Å². The van der Waals surface area contributed by atoms with E-state index in [2.05, 4.69) is 10.3 Å². The molecule has 0 saturated carbocycles. The molecule has 0 bridgehead atoms. The van der Waals surface area contributed by atoms with Gasteiger partial charge in [-0.05, 0) is 5.56 Å². The lowest BCUT2D eigenvalue weighted by Gasteiger charge is -2.16. The molecule has 0 spiro atoms. The molecule has 6 heteroatoms. The van der Waals surface area contributed by atoms with Gasteiger partial charge in [0.05, 0.1) is 19.2 Å². The van der Waals surface area contributed by atoms with E-state index in [1.807, 2.05) is 30.3 Å². The molecule has 1 aromatic rings. The molecule has 98 valence electrons. The van der Waals surface area contributed by atoms with E-state index >= 15 is 0 Å². The summed E-state index contributed by atoms with van der Waals surface area (Å²) >= 11 is 0. The molecule has 0 aliphatic carbocycles. The predicted octanol–water partition coefficient (Wildman–Crippen LogP) is -0.831. The Kier molecular flexibility index (Phi) is 4.14.